The van der Waals surface area contributed by atoms with Crippen LogP contribution in [0.3, 0.4) is 0 Å². The van der Waals surface area contributed by atoms with Crippen LogP contribution < -0.4 is 10.9 Å². The molecule has 0 saturated carbocycles. The van der Waals surface area contributed by atoms with Crippen molar-refractivity contribution in [3.63, 3.8) is 0 Å². The third-order valence-electron chi connectivity index (χ3n) is 6.75. The van der Waals surface area contributed by atoms with Crippen LogP contribution in [-0.2, 0) is 21.5 Å². The minimum atomic E-state index is -1.18. The van der Waals surface area contributed by atoms with Crippen molar-refractivity contribution in [2.45, 2.75) is 32.7 Å². The molecule has 1 aliphatic heterocycles. The van der Waals surface area contributed by atoms with E-state index in [1.807, 2.05) is 29.6 Å². The van der Waals surface area contributed by atoms with E-state index in [1.54, 1.807) is 0 Å². The molecule has 0 radical (unpaired) electrons. The summed E-state index contributed by atoms with van der Waals surface area (Å²) < 4.78 is 6.72. The monoisotopic (exact) mass is 573 g/mol. The van der Waals surface area contributed by atoms with Gasteiger partial charge in [-0.1, -0.05) is 45.0 Å². The summed E-state index contributed by atoms with van der Waals surface area (Å²) in [6.45, 7) is 10.1. The number of rotatable bonds is 7. The van der Waals surface area contributed by atoms with Gasteiger partial charge in [0.05, 0.1) is 30.2 Å². The van der Waals surface area contributed by atoms with Crippen LogP contribution in [0.25, 0.3) is 23.0 Å². The number of carboxylic acid groups (broad SMARTS) is 1. The average molecular weight is 574 g/mol. The van der Waals surface area contributed by atoms with E-state index in [2.05, 4.69) is 36.0 Å². The van der Waals surface area contributed by atoms with Gasteiger partial charge in [0.25, 0.3) is 11.5 Å². The number of hydrogen-bond acceptors (Lipinski definition) is 8. The van der Waals surface area contributed by atoms with Crippen molar-refractivity contribution in [2.24, 2.45) is 0 Å². The van der Waals surface area contributed by atoms with Gasteiger partial charge in [-0.3, -0.25) is 24.2 Å². The molecule has 4 aromatic rings. The standard InChI is InChI=1S/C30H31N5O5S/c1-30(2,3)23-18-41-29(31-23)33-27(38)21-10-11-35-24(16-21)32-26(22(28(35)39)8-9-25(36)37)20-6-4-19(5-7-20)17-34-12-14-40-15-13-34/h4-11,16,18H,12-15,17H2,1-3H3,(H,36,37)(H,31,33,38)/b9-8+. The molecule has 1 saturated heterocycles. The van der Waals surface area contributed by atoms with Gasteiger partial charge < -0.3 is 9.84 Å². The number of carbonyl (C=O) groups is 2. The summed E-state index contributed by atoms with van der Waals surface area (Å²) >= 11 is 1.35. The zero-order chi connectivity index (χ0) is 29.1. The first-order valence-electron chi connectivity index (χ1n) is 13.2. The summed E-state index contributed by atoms with van der Waals surface area (Å²) in [7, 11) is 0. The van der Waals surface area contributed by atoms with Crippen molar-refractivity contribution in [2.75, 3.05) is 31.6 Å². The van der Waals surface area contributed by atoms with Gasteiger partial charge in [-0.15, -0.1) is 11.3 Å². The first-order valence-corrected chi connectivity index (χ1v) is 14.1. The second kappa shape index (κ2) is 11.7. The molecule has 0 bridgehead atoms. The Morgan fingerprint density at radius 1 is 1.12 bits per heavy atom. The van der Waals surface area contributed by atoms with Crippen molar-refractivity contribution in [1.29, 1.82) is 0 Å². The van der Waals surface area contributed by atoms with Crippen molar-refractivity contribution >= 4 is 40.1 Å². The highest BCUT2D eigenvalue weighted by molar-refractivity contribution is 7.14. The summed E-state index contributed by atoms with van der Waals surface area (Å²) in [6, 6.07) is 10.8. The van der Waals surface area contributed by atoms with Crippen LogP contribution in [0.1, 0.15) is 48.0 Å². The molecular weight excluding hydrogens is 542 g/mol. The number of morpholine rings is 1. The number of nitrogens with one attached hydrogen (secondary N) is 1. The fourth-order valence-electron chi connectivity index (χ4n) is 4.45. The Labute approximate surface area is 241 Å². The molecule has 1 amide bonds. The normalized spacial score (nSPS) is 14.5. The Morgan fingerprint density at radius 3 is 2.51 bits per heavy atom. The summed E-state index contributed by atoms with van der Waals surface area (Å²) in [5.41, 5.74) is 3.10. The molecule has 0 spiro atoms. The van der Waals surface area contributed by atoms with Crippen molar-refractivity contribution in [1.82, 2.24) is 19.3 Å². The van der Waals surface area contributed by atoms with E-state index < -0.39 is 11.5 Å². The molecule has 212 valence electrons. The van der Waals surface area contributed by atoms with Crippen molar-refractivity contribution in [3.05, 3.63) is 86.8 Å². The summed E-state index contributed by atoms with van der Waals surface area (Å²) in [5, 5.41) is 14.4. The van der Waals surface area contributed by atoms with Crippen LogP contribution in [0.4, 0.5) is 5.13 Å². The van der Waals surface area contributed by atoms with Gasteiger partial charge in [0.1, 0.15) is 5.65 Å². The molecule has 10 nitrogen and oxygen atoms in total. The van der Waals surface area contributed by atoms with E-state index in [0.717, 1.165) is 37.0 Å². The summed E-state index contributed by atoms with van der Waals surface area (Å²) in [5.74, 6) is -1.55. The molecule has 1 aliphatic rings. The second-order valence-corrected chi connectivity index (χ2v) is 11.7. The average Bonchev–Trinajstić information content (AvgIpc) is 3.42. The number of fused-ring (bicyclic) bond motifs is 1. The predicted octanol–water partition coefficient (Wildman–Crippen LogP) is 4.30. The zero-order valence-electron chi connectivity index (χ0n) is 23.1. The van der Waals surface area contributed by atoms with Crippen molar-refractivity contribution in [3.8, 4) is 11.3 Å². The van der Waals surface area contributed by atoms with E-state index in [4.69, 9.17) is 9.72 Å². The second-order valence-electron chi connectivity index (χ2n) is 10.8. The smallest absolute Gasteiger partial charge is 0.328 e. The molecule has 11 heteroatoms. The molecule has 0 unspecified atom stereocenters. The minimum absolute atomic E-state index is 0.139. The molecular formula is C30H31N5O5S. The first kappa shape index (κ1) is 28.3. The third kappa shape index (κ3) is 6.59. The van der Waals surface area contributed by atoms with Crippen molar-refractivity contribution < 1.29 is 19.4 Å². The van der Waals surface area contributed by atoms with Gasteiger partial charge in [0.15, 0.2) is 5.13 Å². The number of hydrogen-bond donors (Lipinski definition) is 2. The Balaban J connectivity index is 1.49. The number of amides is 1. The highest BCUT2D eigenvalue weighted by atomic mass is 32.1. The van der Waals surface area contributed by atoms with Crippen LogP contribution in [0.5, 0.6) is 0 Å². The number of aliphatic carboxylic acids is 1. The van der Waals surface area contributed by atoms with E-state index >= 15 is 0 Å². The lowest BCUT2D eigenvalue weighted by molar-refractivity contribution is -0.131. The number of aromatic nitrogens is 3. The van der Waals surface area contributed by atoms with Gasteiger partial charge in [0, 0.05) is 53.8 Å². The van der Waals surface area contributed by atoms with Gasteiger partial charge in [-0.2, -0.15) is 0 Å². The van der Waals surface area contributed by atoms with Crippen LogP contribution in [-0.4, -0.2) is 62.6 Å². The number of pyridine rings is 1. The summed E-state index contributed by atoms with van der Waals surface area (Å²) in [6.07, 6.45) is 3.65. The van der Waals surface area contributed by atoms with Gasteiger partial charge in [-0.05, 0) is 23.8 Å². The number of nitrogens with zero attached hydrogens (tertiary/aromatic N) is 4. The maximum absolute atomic E-state index is 13.5. The molecule has 1 fully saturated rings. The molecule has 5 rings (SSSR count). The zero-order valence-corrected chi connectivity index (χ0v) is 23.9. The topological polar surface area (TPSA) is 126 Å². The van der Waals surface area contributed by atoms with Gasteiger partial charge in [0.2, 0.25) is 0 Å². The van der Waals surface area contributed by atoms with Gasteiger partial charge >= 0.3 is 5.97 Å². The Kier molecular flexibility index (Phi) is 8.11. The number of carboxylic acids is 1. The van der Waals surface area contributed by atoms with E-state index in [-0.39, 0.29) is 22.5 Å². The summed E-state index contributed by atoms with van der Waals surface area (Å²) in [4.78, 5) is 49.4. The SMILES string of the molecule is CC(C)(C)c1csc(NC(=O)c2ccn3c(=O)c(/C=C/C(=O)O)c(-c4ccc(CN5CCOCC5)cc4)nc3c2)n1. The van der Waals surface area contributed by atoms with Crippen LogP contribution in [0.2, 0.25) is 0 Å². The van der Waals surface area contributed by atoms with E-state index in [1.165, 1.54) is 40.1 Å². The van der Waals surface area contributed by atoms with Crippen LogP contribution >= 0.6 is 11.3 Å². The fraction of sp³-hybridized carbons (Fsp3) is 0.300. The Bertz CT molecular complexity index is 1680. The van der Waals surface area contributed by atoms with Crippen LogP contribution in [0.15, 0.2) is 58.8 Å². The predicted molar refractivity (Wildman–Crippen MR) is 158 cm³/mol. The number of ether oxygens (including phenoxy) is 1. The lowest BCUT2D eigenvalue weighted by Crippen LogP contribution is -2.35. The number of carbonyl (C=O) groups excluding carboxylic acids is 1. The largest absolute Gasteiger partial charge is 0.478 e. The number of benzene rings is 1. The lowest BCUT2D eigenvalue weighted by Gasteiger charge is -2.26. The lowest BCUT2D eigenvalue weighted by atomic mass is 9.93. The van der Waals surface area contributed by atoms with E-state index in [9.17, 15) is 19.5 Å². The van der Waals surface area contributed by atoms with Gasteiger partial charge in [-0.25, -0.2) is 14.8 Å². The highest BCUT2D eigenvalue weighted by Crippen LogP contribution is 2.27. The molecule has 0 atom stereocenters. The molecule has 0 aliphatic carbocycles. The number of anilines is 1. The van der Waals surface area contributed by atoms with E-state index in [0.29, 0.717) is 35.2 Å². The maximum atomic E-state index is 13.5. The Morgan fingerprint density at radius 2 is 1.85 bits per heavy atom. The van der Waals surface area contributed by atoms with Crippen LogP contribution in [0, 0.1) is 0 Å². The maximum Gasteiger partial charge on any atom is 0.328 e. The molecule has 1 aromatic carbocycles. The molecule has 3 aromatic heterocycles. The molecule has 4 heterocycles. The quantitative estimate of drug-likeness (QED) is 0.314. The third-order valence-corrected chi connectivity index (χ3v) is 7.51. The first-order chi connectivity index (χ1) is 19.6. The molecule has 41 heavy (non-hydrogen) atoms. The fourth-order valence-corrected chi connectivity index (χ4v) is 5.38. The number of thiazole rings is 1. The molecule has 2 N–H and O–H groups in total. The minimum Gasteiger partial charge on any atom is -0.478 e. The Hall–Kier alpha value is -4.19. The highest BCUT2D eigenvalue weighted by Gasteiger charge is 2.20.